The molecule has 4 N–H and O–H groups in total. The second-order valence-corrected chi connectivity index (χ2v) is 4.53. The Balaban J connectivity index is 2.43. The number of hydrogen-bond acceptors (Lipinski definition) is 5. The lowest BCUT2D eigenvalue weighted by atomic mass is 10.0. The molecule has 0 spiro atoms. The summed E-state index contributed by atoms with van der Waals surface area (Å²) in [7, 11) is 0. The maximum Gasteiger partial charge on any atom is 0.149 e. The number of nitrogens with one attached hydrogen (secondary N) is 2. The van der Waals surface area contributed by atoms with E-state index in [9.17, 15) is 8.78 Å². The maximum absolute atomic E-state index is 13.7. The fourth-order valence-corrected chi connectivity index (χ4v) is 1.88. The maximum atomic E-state index is 13.7. The van der Waals surface area contributed by atoms with Crippen LogP contribution in [0.2, 0.25) is 0 Å². The molecule has 0 saturated carbocycles. The predicted octanol–water partition coefficient (Wildman–Crippen LogP) is 2.91. The van der Waals surface area contributed by atoms with Gasteiger partial charge in [-0.25, -0.2) is 24.6 Å². The Morgan fingerprint density at radius 1 is 1.15 bits per heavy atom. The summed E-state index contributed by atoms with van der Waals surface area (Å²) in [5, 5.41) is 2.84. The fourth-order valence-electron chi connectivity index (χ4n) is 1.88. The number of nitrogen functional groups attached to an aromatic ring is 1. The molecule has 0 radical (unpaired) electrons. The zero-order valence-electron chi connectivity index (χ0n) is 11.1. The van der Waals surface area contributed by atoms with Crippen molar-refractivity contribution >= 4 is 17.3 Å². The predicted molar refractivity (Wildman–Crippen MR) is 73.6 cm³/mol. The zero-order valence-corrected chi connectivity index (χ0v) is 11.1. The molecule has 2 rings (SSSR count). The first-order chi connectivity index (χ1) is 9.52. The van der Waals surface area contributed by atoms with Crippen LogP contribution in [0, 0.1) is 11.6 Å². The van der Waals surface area contributed by atoms with Gasteiger partial charge in [-0.2, -0.15) is 0 Å². The lowest BCUT2D eigenvalue weighted by Gasteiger charge is -2.16. The van der Waals surface area contributed by atoms with Gasteiger partial charge < -0.3 is 10.7 Å². The van der Waals surface area contributed by atoms with Crippen molar-refractivity contribution in [3.8, 4) is 0 Å². The molecule has 0 aliphatic carbocycles. The second kappa shape index (κ2) is 5.79. The highest BCUT2D eigenvalue weighted by atomic mass is 19.1. The molecule has 0 aliphatic rings. The largest absolute Gasteiger partial charge is 0.337 e. The molecule has 2 aromatic rings. The minimum atomic E-state index is -0.694. The van der Waals surface area contributed by atoms with Crippen molar-refractivity contribution in [2.24, 2.45) is 5.84 Å². The molecule has 0 saturated heterocycles. The van der Waals surface area contributed by atoms with Crippen LogP contribution in [0.4, 0.5) is 26.1 Å². The molecule has 0 amide bonds. The Labute approximate surface area is 115 Å². The molecular formula is C13H15F2N5. The van der Waals surface area contributed by atoms with E-state index in [0.29, 0.717) is 11.6 Å². The van der Waals surface area contributed by atoms with Crippen LogP contribution in [0.15, 0.2) is 24.5 Å². The summed E-state index contributed by atoms with van der Waals surface area (Å²) >= 11 is 0. The molecule has 20 heavy (non-hydrogen) atoms. The molecule has 106 valence electrons. The van der Waals surface area contributed by atoms with Gasteiger partial charge in [-0.3, -0.25) is 0 Å². The molecular weight excluding hydrogens is 264 g/mol. The van der Waals surface area contributed by atoms with Crippen molar-refractivity contribution in [1.82, 2.24) is 9.97 Å². The van der Waals surface area contributed by atoms with E-state index in [0.717, 1.165) is 11.6 Å². The average molecular weight is 279 g/mol. The van der Waals surface area contributed by atoms with Gasteiger partial charge in [0.2, 0.25) is 0 Å². The molecule has 0 unspecified atom stereocenters. The number of hydrogen-bond donors (Lipinski definition) is 3. The molecule has 0 atom stereocenters. The molecule has 0 fully saturated rings. The van der Waals surface area contributed by atoms with E-state index < -0.39 is 11.6 Å². The van der Waals surface area contributed by atoms with Crippen molar-refractivity contribution in [3.63, 3.8) is 0 Å². The molecule has 1 aromatic heterocycles. The van der Waals surface area contributed by atoms with Crippen molar-refractivity contribution in [2.45, 2.75) is 19.8 Å². The van der Waals surface area contributed by atoms with E-state index in [1.165, 1.54) is 18.5 Å². The van der Waals surface area contributed by atoms with E-state index in [1.54, 1.807) is 0 Å². The minimum Gasteiger partial charge on any atom is -0.337 e. The number of aromatic nitrogens is 2. The number of rotatable bonds is 4. The van der Waals surface area contributed by atoms with Gasteiger partial charge in [0.1, 0.15) is 29.6 Å². The number of benzene rings is 1. The number of nitrogens with zero attached hydrogens (tertiary/aromatic N) is 2. The van der Waals surface area contributed by atoms with E-state index in [2.05, 4.69) is 20.7 Å². The number of halogens is 2. The van der Waals surface area contributed by atoms with Gasteiger partial charge in [-0.1, -0.05) is 13.8 Å². The summed E-state index contributed by atoms with van der Waals surface area (Å²) in [4.78, 5) is 8.11. The van der Waals surface area contributed by atoms with E-state index in [-0.39, 0.29) is 11.6 Å². The smallest absolute Gasteiger partial charge is 0.149 e. The lowest BCUT2D eigenvalue weighted by Crippen LogP contribution is -2.14. The first kappa shape index (κ1) is 14.1. The first-order valence-corrected chi connectivity index (χ1v) is 6.06. The lowest BCUT2D eigenvalue weighted by molar-refractivity contribution is 0.586. The van der Waals surface area contributed by atoms with Gasteiger partial charge >= 0.3 is 0 Å². The fraction of sp³-hybridized carbons (Fsp3) is 0.231. The van der Waals surface area contributed by atoms with Crippen molar-refractivity contribution in [1.29, 1.82) is 0 Å². The third-order valence-corrected chi connectivity index (χ3v) is 2.78. The van der Waals surface area contributed by atoms with Gasteiger partial charge in [0, 0.05) is 11.6 Å². The van der Waals surface area contributed by atoms with Gasteiger partial charge in [0.25, 0.3) is 0 Å². The second-order valence-electron chi connectivity index (χ2n) is 4.53. The number of anilines is 3. The average Bonchev–Trinajstić information content (AvgIpc) is 2.41. The Hall–Kier alpha value is -2.28. The van der Waals surface area contributed by atoms with Gasteiger partial charge in [-0.05, 0) is 18.1 Å². The monoisotopic (exact) mass is 279 g/mol. The van der Waals surface area contributed by atoms with E-state index in [1.807, 2.05) is 13.8 Å². The van der Waals surface area contributed by atoms with Gasteiger partial charge in [-0.15, -0.1) is 0 Å². The Kier molecular flexibility index (Phi) is 4.09. The van der Waals surface area contributed by atoms with Crippen LogP contribution in [0.5, 0.6) is 0 Å². The highest BCUT2D eigenvalue weighted by Crippen LogP contribution is 2.30. The third-order valence-electron chi connectivity index (χ3n) is 2.78. The quantitative estimate of drug-likeness (QED) is 0.592. The van der Waals surface area contributed by atoms with Crippen LogP contribution in [0.3, 0.4) is 0 Å². The van der Waals surface area contributed by atoms with Crippen LogP contribution >= 0.6 is 0 Å². The van der Waals surface area contributed by atoms with Crippen molar-refractivity contribution < 1.29 is 8.78 Å². The normalized spacial score (nSPS) is 10.7. The molecule has 1 heterocycles. The molecule has 5 nitrogen and oxygen atoms in total. The molecule has 7 heteroatoms. The first-order valence-electron chi connectivity index (χ1n) is 6.06. The van der Waals surface area contributed by atoms with Crippen LogP contribution in [0.1, 0.15) is 25.3 Å². The van der Waals surface area contributed by atoms with Crippen molar-refractivity contribution in [2.75, 3.05) is 10.7 Å². The summed E-state index contributed by atoms with van der Waals surface area (Å²) < 4.78 is 26.6. The Morgan fingerprint density at radius 2 is 1.85 bits per heavy atom. The number of hydrazine groups is 1. The summed E-state index contributed by atoms with van der Waals surface area (Å²) in [5.41, 5.74) is 3.34. The topological polar surface area (TPSA) is 75.9 Å². The Bertz CT molecular complexity index is 616. The van der Waals surface area contributed by atoms with Crippen LogP contribution in [-0.2, 0) is 0 Å². The highest BCUT2D eigenvalue weighted by molar-refractivity contribution is 5.65. The summed E-state index contributed by atoms with van der Waals surface area (Å²) in [6, 6.07) is 3.29. The minimum absolute atomic E-state index is 0.0632. The van der Waals surface area contributed by atoms with Crippen LogP contribution in [-0.4, -0.2) is 9.97 Å². The molecule has 0 aliphatic heterocycles. The summed E-state index contributed by atoms with van der Waals surface area (Å²) in [6.07, 6.45) is 1.31. The third kappa shape index (κ3) is 2.83. The number of nitrogens with two attached hydrogens (primary N) is 1. The summed E-state index contributed by atoms with van der Waals surface area (Å²) in [5.74, 6) is 5.03. The van der Waals surface area contributed by atoms with Crippen molar-refractivity contribution in [3.05, 3.63) is 41.7 Å². The van der Waals surface area contributed by atoms with Gasteiger partial charge in [0.05, 0.1) is 5.69 Å². The zero-order chi connectivity index (χ0) is 14.7. The SMILES string of the molecule is CC(C)c1c(NN)ncnc1Nc1ccc(F)cc1F. The summed E-state index contributed by atoms with van der Waals surface area (Å²) in [6.45, 7) is 3.87. The van der Waals surface area contributed by atoms with Crippen LogP contribution < -0.4 is 16.6 Å². The molecule has 1 aromatic carbocycles. The van der Waals surface area contributed by atoms with E-state index in [4.69, 9.17) is 5.84 Å². The van der Waals surface area contributed by atoms with Gasteiger partial charge in [0.15, 0.2) is 0 Å². The van der Waals surface area contributed by atoms with Crippen LogP contribution in [0.25, 0.3) is 0 Å². The standard InChI is InChI=1S/C13H15F2N5/c1-7(2)11-12(17-6-18-13(11)20-16)19-10-4-3-8(14)5-9(10)15/h3-7H,16H2,1-2H3,(H2,17,18,19,20). The highest BCUT2D eigenvalue weighted by Gasteiger charge is 2.15. The Morgan fingerprint density at radius 3 is 2.45 bits per heavy atom. The van der Waals surface area contributed by atoms with E-state index >= 15 is 0 Å². The molecule has 0 bridgehead atoms.